The summed E-state index contributed by atoms with van der Waals surface area (Å²) in [5.74, 6) is -0.152. The molecule has 90 valence electrons. The number of halogens is 1. The Bertz CT molecular complexity index is 530. The van der Waals surface area contributed by atoms with E-state index in [9.17, 15) is 9.18 Å². The second-order valence-corrected chi connectivity index (χ2v) is 4.27. The number of Topliss-reactive ketones (excluding diaryl/α,β-unsaturated/α-hetero) is 1. The Hall–Kier alpha value is -1.64. The van der Waals surface area contributed by atoms with Crippen LogP contribution in [0.2, 0.25) is 0 Å². The van der Waals surface area contributed by atoms with Crippen molar-refractivity contribution >= 4 is 16.7 Å². The summed E-state index contributed by atoms with van der Waals surface area (Å²) in [6.45, 7) is 2.11. The van der Waals surface area contributed by atoms with Gasteiger partial charge in [-0.1, -0.05) is 19.8 Å². The van der Waals surface area contributed by atoms with Crippen LogP contribution in [0.15, 0.2) is 24.4 Å². The first-order valence-electron chi connectivity index (χ1n) is 6.02. The zero-order valence-electron chi connectivity index (χ0n) is 9.92. The molecule has 0 saturated carbocycles. The summed E-state index contributed by atoms with van der Waals surface area (Å²) in [4.78, 5) is 14.9. The van der Waals surface area contributed by atoms with Crippen LogP contribution >= 0.6 is 0 Å². The highest BCUT2D eigenvalue weighted by Gasteiger charge is 2.11. The molecule has 0 bridgehead atoms. The smallest absolute Gasteiger partial charge is 0.165 e. The zero-order valence-corrected chi connectivity index (χ0v) is 9.92. The van der Waals surface area contributed by atoms with Crippen molar-refractivity contribution < 1.29 is 9.18 Å². The van der Waals surface area contributed by atoms with Gasteiger partial charge in [-0.15, -0.1) is 0 Å². The minimum atomic E-state index is -0.288. The highest BCUT2D eigenvalue weighted by atomic mass is 19.1. The minimum absolute atomic E-state index is 0.135. The van der Waals surface area contributed by atoms with Crippen molar-refractivity contribution in [2.45, 2.75) is 32.6 Å². The van der Waals surface area contributed by atoms with Crippen LogP contribution in [0.4, 0.5) is 4.39 Å². The van der Waals surface area contributed by atoms with Crippen molar-refractivity contribution in [3.05, 3.63) is 35.8 Å². The lowest BCUT2D eigenvalue weighted by molar-refractivity contribution is 0.0981. The monoisotopic (exact) mass is 233 g/mol. The molecule has 0 amide bonds. The second-order valence-electron chi connectivity index (χ2n) is 4.27. The fourth-order valence-corrected chi connectivity index (χ4v) is 2.00. The van der Waals surface area contributed by atoms with Crippen LogP contribution in [0.3, 0.4) is 0 Å². The van der Waals surface area contributed by atoms with E-state index in [2.05, 4.69) is 11.9 Å². The first-order valence-corrected chi connectivity index (χ1v) is 6.02. The Morgan fingerprint density at radius 1 is 1.35 bits per heavy atom. The molecule has 17 heavy (non-hydrogen) atoms. The molecule has 0 aliphatic heterocycles. The quantitative estimate of drug-likeness (QED) is 0.612. The van der Waals surface area contributed by atoms with Crippen LogP contribution in [0.25, 0.3) is 10.9 Å². The van der Waals surface area contributed by atoms with Crippen molar-refractivity contribution in [3.63, 3.8) is 0 Å². The van der Waals surface area contributed by atoms with Crippen LogP contribution in [-0.4, -0.2) is 10.8 Å². The topological polar surface area (TPSA) is 32.9 Å². The number of aromatic amines is 1. The van der Waals surface area contributed by atoms with Crippen molar-refractivity contribution in [2.75, 3.05) is 0 Å². The van der Waals surface area contributed by atoms with Gasteiger partial charge in [-0.3, -0.25) is 4.79 Å². The number of rotatable bonds is 5. The Balaban J connectivity index is 2.21. The first kappa shape index (κ1) is 11.8. The molecule has 3 heteroatoms. The molecular weight excluding hydrogens is 217 g/mol. The summed E-state index contributed by atoms with van der Waals surface area (Å²) in [6, 6.07) is 4.46. The number of benzene rings is 1. The average Bonchev–Trinajstić information content (AvgIpc) is 2.72. The summed E-state index contributed by atoms with van der Waals surface area (Å²) in [7, 11) is 0. The minimum Gasteiger partial charge on any atom is -0.360 e. The molecule has 0 radical (unpaired) electrons. The van der Waals surface area contributed by atoms with E-state index >= 15 is 0 Å². The number of hydrogen-bond donors (Lipinski definition) is 1. The molecule has 1 aromatic heterocycles. The molecule has 0 unspecified atom stereocenters. The van der Waals surface area contributed by atoms with Crippen molar-refractivity contribution in [3.8, 4) is 0 Å². The highest BCUT2D eigenvalue weighted by molar-refractivity contribution is 6.07. The third-order valence-electron chi connectivity index (χ3n) is 2.95. The lowest BCUT2D eigenvalue weighted by atomic mass is 10.0. The fourth-order valence-electron chi connectivity index (χ4n) is 2.00. The third kappa shape index (κ3) is 2.54. The van der Waals surface area contributed by atoms with E-state index in [1.54, 1.807) is 12.3 Å². The molecule has 0 saturated heterocycles. The van der Waals surface area contributed by atoms with Crippen LogP contribution in [0.5, 0.6) is 0 Å². The maximum atomic E-state index is 13.0. The summed E-state index contributed by atoms with van der Waals surface area (Å²) in [5, 5.41) is 0.813. The molecule has 1 N–H and O–H groups in total. The molecule has 2 rings (SSSR count). The van der Waals surface area contributed by atoms with E-state index in [4.69, 9.17) is 0 Å². The van der Waals surface area contributed by atoms with Gasteiger partial charge in [0.15, 0.2) is 5.78 Å². The summed E-state index contributed by atoms with van der Waals surface area (Å²) in [5.41, 5.74) is 1.36. The number of carbonyl (C=O) groups is 1. The molecule has 0 aliphatic carbocycles. The van der Waals surface area contributed by atoms with Gasteiger partial charge in [0.1, 0.15) is 5.82 Å². The second kappa shape index (κ2) is 5.13. The van der Waals surface area contributed by atoms with E-state index in [1.807, 2.05) is 0 Å². The van der Waals surface area contributed by atoms with Gasteiger partial charge in [-0.25, -0.2) is 4.39 Å². The lowest BCUT2D eigenvalue weighted by Crippen LogP contribution is -1.97. The number of fused-ring (bicyclic) bond motifs is 1. The first-order chi connectivity index (χ1) is 8.22. The van der Waals surface area contributed by atoms with Crippen molar-refractivity contribution in [1.29, 1.82) is 0 Å². The van der Waals surface area contributed by atoms with Crippen LogP contribution < -0.4 is 0 Å². The Labute approximate surface area is 99.8 Å². The number of nitrogens with one attached hydrogen (secondary N) is 1. The molecule has 2 nitrogen and oxygen atoms in total. The number of H-pyrrole nitrogens is 1. The lowest BCUT2D eigenvalue weighted by Gasteiger charge is -1.99. The zero-order chi connectivity index (χ0) is 12.3. The van der Waals surface area contributed by atoms with Gasteiger partial charge in [0.2, 0.25) is 0 Å². The Kier molecular flexibility index (Phi) is 3.57. The fraction of sp³-hybridized carbons (Fsp3) is 0.357. The molecule has 0 aliphatic rings. The van der Waals surface area contributed by atoms with E-state index < -0.39 is 0 Å². The van der Waals surface area contributed by atoms with Crippen LogP contribution in [0, 0.1) is 5.82 Å². The van der Waals surface area contributed by atoms with E-state index in [1.165, 1.54) is 12.1 Å². The van der Waals surface area contributed by atoms with Gasteiger partial charge >= 0.3 is 0 Å². The standard InChI is InChI=1S/C14H16FNO/c1-2-3-4-5-14(17)12-9-16-13-8-10(15)6-7-11(12)13/h6-9,16H,2-5H2,1H3. The van der Waals surface area contributed by atoms with Gasteiger partial charge < -0.3 is 4.98 Å². The maximum absolute atomic E-state index is 13.0. The molecule has 2 aromatic rings. The highest BCUT2D eigenvalue weighted by Crippen LogP contribution is 2.21. The van der Waals surface area contributed by atoms with Gasteiger partial charge in [0.05, 0.1) is 0 Å². The third-order valence-corrected chi connectivity index (χ3v) is 2.95. The Morgan fingerprint density at radius 3 is 2.94 bits per heavy atom. The number of unbranched alkanes of at least 4 members (excludes halogenated alkanes) is 2. The predicted molar refractivity (Wildman–Crippen MR) is 66.7 cm³/mol. The summed E-state index contributed by atoms with van der Waals surface area (Å²) in [6.07, 6.45) is 5.34. The van der Waals surface area contributed by atoms with Crippen LogP contribution in [0.1, 0.15) is 43.0 Å². The van der Waals surface area contributed by atoms with E-state index in [-0.39, 0.29) is 11.6 Å². The molecule has 0 spiro atoms. The van der Waals surface area contributed by atoms with Crippen molar-refractivity contribution in [2.24, 2.45) is 0 Å². The van der Waals surface area contributed by atoms with E-state index in [0.717, 1.165) is 24.6 Å². The van der Waals surface area contributed by atoms with Gasteiger partial charge in [-0.05, 0) is 24.6 Å². The van der Waals surface area contributed by atoms with Gasteiger partial charge in [0, 0.05) is 29.1 Å². The number of hydrogen-bond acceptors (Lipinski definition) is 1. The maximum Gasteiger partial charge on any atom is 0.165 e. The van der Waals surface area contributed by atoms with Gasteiger partial charge in [-0.2, -0.15) is 0 Å². The average molecular weight is 233 g/mol. The number of carbonyl (C=O) groups excluding carboxylic acids is 1. The van der Waals surface area contributed by atoms with Gasteiger partial charge in [0.25, 0.3) is 0 Å². The predicted octanol–water partition coefficient (Wildman–Crippen LogP) is 4.07. The molecule has 1 aromatic carbocycles. The number of ketones is 1. The van der Waals surface area contributed by atoms with E-state index in [0.29, 0.717) is 17.5 Å². The molecular formula is C14H16FNO. The summed E-state index contributed by atoms with van der Waals surface area (Å²) < 4.78 is 13.0. The molecule has 0 atom stereocenters. The van der Waals surface area contributed by atoms with Crippen LogP contribution in [-0.2, 0) is 0 Å². The molecule has 0 fully saturated rings. The normalized spacial score (nSPS) is 10.9. The van der Waals surface area contributed by atoms with Crippen molar-refractivity contribution in [1.82, 2.24) is 4.98 Å². The Morgan fingerprint density at radius 2 is 2.18 bits per heavy atom. The number of aromatic nitrogens is 1. The summed E-state index contributed by atoms with van der Waals surface area (Å²) >= 11 is 0. The largest absolute Gasteiger partial charge is 0.360 e. The molecule has 1 heterocycles. The SMILES string of the molecule is CCCCCC(=O)c1c[nH]c2cc(F)ccc12.